The molecule has 5 heteroatoms. The Balaban J connectivity index is 2.08. The summed E-state index contributed by atoms with van der Waals surface area (Å²) in [6.45, 7) is 6.42. The molecule has 2 aromatic rings. The quantitative estimate of drug-likeness (QED) is 0.947. The van der Waals surface area contributed by atoms with Crippen LogP contribution in [0.3, 0.4) is 0 Å². The number of hydrogen-bond donors (Lipinski definition) is 1. The molecule has 2 heterocycles. The molecule has 0 radical (unpaired) electrons. The minimum atomic E-state index is -0.552. The first-order valence-electron chi connectivity index (χ1n) is 7.48. The zero-order chi connectivity index (χ0) is 15.9. The number of aromatic nitrogens is 2. The van der Waals surface area contributed by atoms with E-state index in [9.17, 15) is 9.59 Å². The van der Waals surface area contributed by atoms with E-state index in [4.69, 9.17) is 0 Å². The normalized spacial score (nSPS) is 15.5. The molecule has 5 nitrogen and oxygen atoms in total. The van der Waals surface area contributed by atoms with Gasteiger partial charge >= 0.3 is 0 Å². The van der Waals surface area contributed by atoms with Crippen LogP contribution in [-0.4, -0.2) is 15.7 Å². The number of carbonyl (C=O) groups excluding carboxylic acids is 1. The minimum Gasteiger partial charge on any atom is -0.325 e. The maximum Gasteiger partial charge on any atom is 0.266 e. The Labute approximate surface area is 129 Å². The predicted molar refractivity (Wildman–Crippen MR) is 85.9 cm³/mol. The van der Waals surface area contributed by atoms with E-state index in [0.29, 0.717) is 6.54 Å². The number of rotatable bonds is 3. The highest BCUT2D eigenvalue weighted by atomic mass is 16.2. The lowest BCUT2D eigenvalue weighted by Crippen LogP contribution is -2.26. The van der Waals surface area contributed by atoms with Gasteiger partial charge in [-0.2, -0.15) is 5.10 Å². The van der Waals surface area contributed by atoms with Gasteiger partial charge in [-0.25, -0.2) is 4.68 Å². The van der Waals surface area contributed by atoms with Crippen molar-refractivity contribution in [3.8, 4) is 11.3 Å². The van der Waals surface area contributed by atoms with E-state index in [0.717, 1.165) is 28.9 Å². The number of nitrogens with one attached hydrogen (secondary N) is 1. The van der Waals surface area contributed by atoms with Gasteiger partial charge in [-0.05, 0) is 44.0 Å². The largest absolute Gasteiger partial charge is 0.325 e. The van der Waals surface area contributed by atoms with E-state index in [1.807, 2.05) is 39.0 Å². The van der Waals surface area contributed by atoms with Crippen LogP contribution in [0.15, 0.2) is 35.1 Å². The van der Waals surface area contributed by atoms with Gasteiger partial charge < -0.3 is 5.32 Å². The summed E-state index contributed by atoms with van der Waals surface area (Å²) in [7, 11) is 0. The van der Waals surface area contributed by atoms with Crippen LogP contribution >= 0.6 is 0 Å². The van der Waals surface area contributed by atoms with E-state index in [-0.39, 0.29) is 11.5 Å². The van der Waals surface area contributed by atoms with Gasteiger partial charge in [0.15, 0.2) is 0 Å². The highest BCUT2D eigenvalue weighted by Gasteiger charge is 2.38. The number of carbonyl (C=O) groups is 1. The fraction of sp³-hybridized carbons (Fsp3) is 0.353. The van der Waals surface area contributed by atoms with Crippen molar-refractivity contribution in [1.29, 1.82) is 0 Å². The minimum absolute atomic E-state index is 0.00330. The molecule has 1 N–H and O–H groups in total. The second-order valence-electron chi connectivity index (χ2n) is 6.12. The summed E-state index contributed by atoms with van der Waals surface area (Å²) in [6.07, 6.45) is 0.853. The third-order valence-corrected chi connectivity index (χ3v) is 4.11. The summed E-state index contributed by atoms with van der Waals surface area (Å²) in [5.41, 5.74) is 2.82. The van der Waals surface area contributed by atoms with Crippen molar-refractivity contribution in [2.45, 2.75) is 39.2 Å². The number of anilines is 1. The Morgan fingerprint density at radius 2 is 1.95 bits per heavy atom. The average molecular weight is 297 g/mol. The summed E-state index contributed by atoms with van der Waals surface area (Å²) >= 11 is 0. The van der Waals surface area contributed by atoms with Crippen LogP contribution < -0.4 is 10.9 Å². The Kier molecular flexibility index (Phi) is 3.35. The van der Waals surface area contributed by atoms with Crippen LogP contribution in [0.4, 0.5) is 5.69 Å². The Morgan fingerprint density at radius 3 is 2.68 bits per heavy atom. The topological polar surface area (TPSA) is 64.0 Å². The molecule has 0 saturated heterocycles. The Morgan fingerprint density at radius 1 is 1.18 bits per heavy atom. The molecule has 114 valence electrons. The lowest BCUT2D eigenvalue weighted by Gasteiger charge is -2.16. The highest BCUT2D eigenvalue weighted by molar-refractivity contribution is 6.06. The van der Waals surface area contributed by atoms with Crippen LogP contribution in [-0.2, 0) is 16.8 Å². The molecule has 1 aliphatic heterocycles. The number of amides is 1. The van der Waals surface area contributed by atoms with Gasteiger partial charge in [-0.3, -0.25) is 9.59 Å². The summed E-state index contributed by atoms with van der Waals surface area (Å²) in [5.74, 6) is 0.00330. The second kappa shape index (κ2) is 5.09. The van der Waals surface area contributed by atoms with E-state index >= 15 is 0 Å². The smallest absolute Gasteiger partial charge is 0.266 e. The number of hydrogen-bond acceptors (Lipinski definition) is 3. The molecule has 0 saturated carbocycles. The van der Waals surface area contributed by atoms with Gasteiger partial charge in [0.05, 0.1) is 11.1 Å². The van der Waals surface area contributed by atoms with E-state index in [2.05, 4.69) is 10.4 Å². The monoisotopic (exact) mass is 297 g/mol. The summed E-state index contributed by atoms with van der Waals surface area (Å²) < 4.78 is 1.48. The zero-order valence-corrected chi connectivity index (χ0v) is 13.0. The van der Waals surface area contributed by atoms with Crippen LogP contribution in [0.25, 0.3) is 11.3 Å². The van der Waals surface area contributed by atoms with Crippen LogP contribution in [0, 0.1) is 0 Å². The summed E-state index contributed by atoms with van der Waals surface area (Å²) in [5, 5.41) is 7.32. The van der Waals surface area contributed by atoms with E-state index in [1.165, 1.54) is 4.68 Å². The molecule has 3 rings (SSSR count). The molecule has 0 atom stereocenters. The third-order valence-electron chi connectivity index (χ3n) is 4.11. The van der Waals surface area contributed by atoms with Crippen molar-refractivity contribution >= 4 is 11.6 Å². The van der Waals surface area contributed by atoms with Gasteiger partial charge in [-0.15, -0.1) is 0 Å². The molecule has 0 unspecified atom stereocenters. The maximum absolute atomic E-state index is 12.0. The molecule has 22 heavy (non-hydrogen) atoms. The third kappa shape index (κ3) is 2.22. The van der Waals surface area contributed by atoms with Gasteiger partial charge in [-0.1, -0.05) is 13.0 Å². The summed E-state index contributed by atoms with van der Waals surface area (Å²) in [4.78, 5) is 23.8. The van der Waals surface area contributed by atoms with Gasteiger partial charge in [0.1, 0.15) is 0 Å². The van der Waals surface area contributed by atoms with Crippen molar-refractivity contribution in [3.05, 3.63) is 46.2 Å². The SMILES string of the molecule is CCCn1nc(-c2ccc3c(c2)C(C)(C)C(=O)N3)ccc1=O. The summed E-state index contributed by atoms with van der Waals surface area (Å²) in [6, 6.07) is 9.07. The predicted octanol–water partition coefficient (Wildman–Crippen LogP) is 2.55. The highest BCUT2D eigenvalue weighted by Crippen LogP contribution is 2.39. The first-order valence-corrected chi connectivity index (χ1v) is 7.48. The van der Waals surface area contributed by atoms with Gasteiger partial charge in [0.25, 0.3) is 5.56 Å². The molecular formula is C17H19N3O2. The second-order valence-corrected chi connectivity index (χ2v) is 6.12. The number of nitrogens with zero attached hydrogens (tertiary/aromatic N) is 2. The van der Waals surface area contributed by atoms with Crippen LogP contribution in [0.5, 0.6) is 0 Å². The molecule has 0 aliphatic carbocycles. The lowest BCUT2D eigenvalue weighted by molar-refractivity contribution is -0.119. The number of aryl methyl sites for hydroxylation is 1. The Hall–Kier alpha value is -2.43. The van der Waals surface area contributed by atoms with Crippen molar-refractivity contribution in [3.63, 3.8) is 0 Å². The first kappa shape index (κ1) is 14.5. The standard InChI is InChI=1S/C17H19N3O2/c1-4-9-20-15(21)8-7-13(19-20)11-5-6-14-12(10-11)17(2,3)16(22)18-14/h5-8,10H,4,9H2,1-3H3,(H,18,22). The molecular weight excluding hydrogens is 278 g/mol. The fourth-order valence-electron chi connectivity index (χ4n) is 2.71. The molecule has 0 bridgehead atoms. The van der Waals surface area contributed by atoms with E-state index in [1.54, 1.807) is 12.1 Å². The first-order chi connectivity index (χ1) is 10.4. The molecule has 0 fully saturated rings. The maximum atomic E-state index is 12.0. The number of benzene rings is 1. The molecule has 1 amide bonds. The molecule has 1 aromatic carbocycles. The Bertz CT molecular complexity index is 806. The van der Waals surface area contributed by atoms with Crippen molar-refractivity contribution in [2.24, 2.45) is 0 Å². The van der Waals surface area contributed by atoms with Gasteiger partial charge in [0, 0.05) is 23.9 Å². The molecule has 1 aromatic heterocycles. The van der Waals surface area contributed by atoms with Crippen molar-refractivity contribution in [2.75, 3.05) is 5.32 Å². The lowest BCUT2D eigenvalue weighted by atomic mass is 9.85. The van der Waals surface area contributed by atoms with Gasteiger partial charge in [0.2, 0.25) is 5.91 Å². The van der Waals surface area contributed by atoms with Crippen LogP contribution in [0.1, 0.15) is 32.8 Å². The molecule has 1 aliphatic rings. The molecule has 0 spiro atoms. The van der Waals surface area contributed by atoms with Crippen molar-refractivity contribution < 1.29 is 4.79 Å². The van der Waals surface area contributed by atoms with E-state index < -0.39 is 5.41 Å². The van der Waals surface area contributed by atoms with Crippen LogP contribution in [0.2, 0.25) is 0 Å². The average Bonchev–Trinajstić information content (AvgIpc) is 2.71. The zero-order valence-electron chi connectivity index (χ0n) is 13.0. The van der Waals surface area contributed by atoms with Crippen molar-refractivity contribution in [1.82, 2.24) is 9.78 Å². The fourth-order valence-corrected chi connectivity index (χ4v) is 2.71. The number of fused-ring (bicyclic) bond motifs is 1.